The summed E-state index contributed by atoms with van der Waals surface area (Å²) >= 11 is 0. The van der Waals surface area contributed by atoms with Crippen molar-refractivity contribution in [3.05, 3.63) is 17.7 Å². The highest BCUT2D eigenvalue weighted by Gasteiger charge is 2.19. The molecule has 1 unspecified atom stereocenters. The highest BCUT2D eigenvalue weighted by Crippen LogP contribution is 2.40. The van der Waals surface area contributed by atoms with Gasteiger partial charge in [-0.05, 0) is 12.5 Å². The number of nitrogens with two attached hydrogens (primary N) is 1. The molecule has 1 atom stereocenters. The van der Waals surface area contributed by atoms with Crippen molar-refractivity contribution in [2.45, 2.75) is 12.5 Å². The van der Waals surface area contributed by atoms with Crippen LogP contribution in [0.25, 0.3) is 0 Å². The molecule has 1 rings (SSSR count). The van der Waals surface area contributed by atoms with Crippen molar-refractivity contribution >= 4 is 5.91 Å². The van der Waals surface area contributed by atoms with Gasteiger partial charge in [0.05, 0.1) is 26.4 Å². The number of carbonyl (C=O) groups is 1. The van der Waals surface area contributed by atoms with Crippen LogP contribution in [-0.4, -0.2) is 85.2 Å². The van der Waals surface area contributed by atoms with Gasteiger partial charge < -0.3 is 45.7 Å². The molecule has 0 saturated heterocycles. The summed E-state index contributed by atoms with van der Waals surface area (Å²) in [7, 11) is 0. The van der Waals surface area contributed by atoms with Crippen molar-refractivity contribution in [1.82, 2.24) is 5.32 Å². The molecule has 154 valence electrons. The highest BCUT2D eigenvalue weighted by molar-refractivity contribution is 5.81. The third-order valence-corrected chi connectivity index (χ3v) is 3.41. The van der Waals surface area contributed by atoms with E-state index < -0.39 is 18.6 Å². The summed E-state index contributed by atoms with van der Waals surface area (Å²) in [5.74, 6) is 0.394. The molecule has 0 aliphatic heterocycles. The van der Waals surface area contributed by atoms with Crippen LogP contribution in [0.5, 0.6) is 17.2 Å². The van der Waals surface area contributed by atoms with Crippen LogP contribution in [0, 0.1) is 0 Å². The molecule has 7 N–H and O–H groups in total. The Morgan fingerprint density at radius 1 is 0.963 bits per heavy atom. The molecule has 1 aromatic rings. The topological polar surface area (TPSA) is 164 Å². The zero-order valence-electron chi connectivity index (χ0n) is 15.1. The first-order valence-corrected chi connectivity index (χ1v) is 8.60. The van der Waals surface area contributed by atoms with E-state index in [4.69, 9.17) is 40.4 Å². The summed E-state index contributed by atoms with van der Waals surface area (Å²) in [6.07, 6.45) is 0.362. The van der Waals surface area contributed by atoms with E-state index in [2.05, 4.69) is 5.32 Å². The van der Waals surface area contributed by atoms with Crippen LogP contribution in [0.2, 0.25) is 0 Å². The van der Waals surface area contributed by atoms with Gasteiger partial charge in [0.2, 0.25) is 11.7 Å². The number of ether oxygens (including phenoxy) is 3. The average molecular weight is 388 g/mol. The van der Waals surface area contributed by atoms with Crippen LogP contribution in [0.4, 0.5) is 0 Å². The van der Waals surface area contributed by atoms with Gasteiger partial charge in [-0.3, -0.25) is 4.79 Å². The Morgan fingerprint density at radius 3 is 2.15 bits per heavy atom. The standard InChI is InChI=1S/C17H28N2O8/c18-13(11-23)17(24)19-4-3-12-1-2-14(25-8-5-20)16(27-10-7-22)15(12)26-9-6-21/h1-2,13,20-23H,3-11,18H2,(H,19,24). The molecular weight excluding hydrogens is 360 g/mol. The zero-order chi connectivity index (χ0) is 20.1. The molecule has 10 nitrogen and oxygen atoms in total. The van der Waals surface area contributed by atoms with E-state index in [1.807, 2.05) is 0 Å². The van der Waals surface area contributed by atoms with Crippen LogP contribution in [0.3, 0.4) is 0 Å². The number of rotatable bonds is 14. The molecule has 0 radical (unpaired) electrons. The summed E-state index contributed by atoms with van der Waals surface area (Å²) < 4.78 is 16.6. The van der Waals surface area contributed by atoms with Gasteiger partial charge in [-0.2, -0.15) is 0 Å². The maximum atomic E-state index is 11.6. The van der Waals surface area contributed by atoms with Crippen molar-refractivity contribution in [2.24, 2.45) is 5.73 Å². The summed E-state index contributed by atoms with van der Waals surface area (Å²) in [5.41, 5.74) is 6.11. The fourth-order valence-electron chi connectivity index (χ4n) is 2.18. The number of amides is 1. The average Bonchev–Trinajstić information content (AvgIpc) is 2.69. The molecule has 0 aromatic heterocycles. The Kier molecular flexibility index (Phi) is 11.1. The minimum Gasteiger partial charge on any atom is -0.487 e. The predicted octanol–water partition coefficient (Wildman–Crippen LogP) is -2.22. The molecule has 0 saturated carbocycles. The Bertz CT molecular complexity index is 570. The second kappa shape index (κ2) is 13.1. The minimum absolute atomic E-state index is 0.00346. The van der Waals surface area contributed by atoms with Crippen molar-refractivity contribution in [3.63, 3.8) is 0 Å². The van der Waals surface area contributed by atoms with Gasteiger partial charge >= 0.3 is 0 Å². The normalized spacial score (nSPS) is 11.7. The van der Waals surface area contributed by atoms with Crippen molar-refractivity contribution in [3.8, 4) is 17.2 Å². The van der Waals surface area contributed by atoms with Crippen molar-refractivity contribution in [1.29, 1.82) is 0 Å². The zero-order valence-corrected chi connectivity index (χ0v) is 15.1. The van der Waals surface area contributed by atoms with E-state index >= 15 is 0 Å². The first-order chi connectivity index (χ1) is 13.1. The Balaban J connectivity index is 3.00. The molecule has 27 heavy (non-hydrogen) atoms. The van der Waals surface area contributed by atoms with Crippen LogP contribution in [0.15, 0.2) is 12.1 Å². The molecule has 0 heterocycles. The summed E-state index contributed by atoms with van der Waals surface area (Å²) in [6, 6.07) is 2.35. The van der Waals surface area contributed by atoms with Gasteiger partial charge in [0.25, 0.3) is 0 Å². The van der Waals surface area contributed by atoms with Crippen LogP contribution in [0.1, 0.15) is 5.56 Å². The number of hydrogen-bond donors (Lipinski definition) is 6. The van der Waals surface area contributed by atoms with E-state index in [1.54, 1.807) is 12.1 Å². The monoisotopic (exact) mass is 388 g/mol. The van der Waals surface area contributed by atoms with Crippen LogP contribution >= 0.6 is 0 Å². The van der Waals surface area contributed by atoms with Gasteiger partial charge in [0, 0.05) is 12.1 Å². The number of carbonyl (C=O) groups excluding carboxylic acids is 1. The van der Waals surface area contributed by atoms with E-state index in [-0.39, 0.29) is 51.9 Å². The number of aliphatic hydroxyl groups excluding tert-OH is 4. The lowest BCUT2D eigenvalue weighted by Gasteiger charge is -2.19. The lowest BCUT2D eigenvalue weighted by molar-refractivity contribution is -0.123. The third-order valence-electron chi connectivity index (χ3n) is 3.41. The Hall–Kier alpha value is -2.11. The molecular formula is C17H28N2O8. The molecule has 0 bridgehead atoms. The minimum atomic E-state index is -0.993. The lowest BCUT2D eigenvalue weighted by atomic mass is 10.1. The molecule has 0 fully saturated rings. The van der Waals surface area contributed by atoms with Gasteiger partial charge in [-0.25, -0.2) is 0 Å². The van der Waals surface area contributed by atoms with Crippen molar-refractivity contribution in [2.75, 3.05) is 52.8 Å². The number of benzene rings is 1. The SMILES string of the molecule is NC(CO)C(=O)NCCc1ccc(OCCO)c(OCCO)c1OCCO. The largest absolute Gasteiger partial charge is 0.487 e. The van der Waals surface area contributed by atoms with E-state index in [1.165, 1.54) is 0 Å². The molecule has 1 amide bonds. The second-order valence-corrected chi connectivity index (χ2v) is 5.43. The molecule has 0 aliphatic rings. The molecule has 0 aliphatic carbocycles. The quantitative estimate of drug-likeness (QED) is 0.207. The van der Waals surface area contributed by atoms with Crippen molar-refractivity contribution < 1.29 is 39.4 Å². The maximum Gasteiger partial charge on any atom is 0.239 e. The summed E-state index contributed by atoms with van der Waals surface area (Å²) in [4.78, 5) is 11.6. The van der Waals surface area contributed by atoms with Crippen LogP contribution in [-0.2, 0) is 11.2 Å². The number of aliphatic hydroxyl groups is 4. The second-order valence-electron chi connectivity index (χ2n) is 5.43. The first-order valence-electron chi connectivity index (χ1n) is 8.60. The third kappa shape index (κ3) is 7.57. The first kappa shape index (κ1) is 22.9. The number of hydrogen-bond acceptors (Lipinski definition) is 9. The van der Waals surface area contributed by atoms with E-state index in [9.17, 15) is 4.79 Å². The van der Waals surface area contributed by atoms with Gasteiger partial charge in [0.1, 0.15) is 25.9 Å². The smallest absolute Gasteiger partial charge is 0.239 e. The van der Waals surface area contributed by atoms with E-state index in [0.717, 1.165) is 0 Å². The number of nitrogens with one attached hydrogen (secondary N) is 1. The fourth-order valence-corrected chi connectivity index (χ4v) is 2.18. The molecule has 0 spiro atoms. The Labute approximate surface area is 157 Å². The van der Waals surface area contributed by atoms with Crippen LogP contribution < -0.4 is 25.3 Å². The van der Waals surface area contributed by atoms with Gasteiger partial charge in [-0.15, -0.1) is 0 Å². The Morgan fingerprint density at radius 2 is 1.56 bits per heavy atom. The lowest BCUT2D eigenvalue weighted by Crippen LogP contribution is -2.43. The molecule has 1 aromatic carbocycles. The molecule has 10 heteroatoms. The van der Waals surface area contributed by atoms with E-state index in [0.29, 0.717) is 23.5 Å². The summed E-state index contributed by atoms with van der Waals surface area (Å²) in [6.45, 7) is -0.801. The maximum absolute atomic E-state index is 11.6. The predicted molar refractivity (Wildman–Crippen MR) is 96.0 cm³/mol. The van der Waals surface area contributed by atoms with Gasteiger partial charge in [0.15, 0.2) is 11.5 Å². The highest BCUT2D eigenvalue weighted by atomic mass is 16.5. The fraction of sp³-hybridized carbons (Fsp3) is 0.588. The van der Waals surface area contributed by atoms with Gasteiger partial charge in [-0.1, -0.05) is 6.07 Å². The summed E-state index contributed by atoms with van der Waals surface area (Å²) in [5, 5.41) is 38.6.